The van der Waals surface area contributed by atoms with Crippen LogP contribution in [0.2, 0.25) is 0 Å². The van der Waals surface area contributed by atoms with E-state index in [0.29, 0.717) is 0 Å². The SMILES string of the molecule is CC(=O)O[C@@H](CC(=O)OC(C)(C)C)C(=O)OC(C)(C)C. The number of esters is 3. The van der Waals surface area contributed by atoms with Crippen LogP contribution < -0.4 is 0 Å². The number of hydrogen-bond acceptors (Lipinski definition) is 6. The Balaban J connectivity index is 4.77. The van der Waals surface area contributed by atoms with Gasteiger partial charge in [0.1, 0.15) is 11.2 Å². The van der Waals surface area contributed by atoms with Crippen LogP contribution in [0.4, 0.5) is 0 Å². The van der Waals surface area contributed by atoms with Gasteiger partial charge in [0.2, 0.25) is 6.10 Å². The van der Waals surface area contributed by atoms with Gasteiger partial charge < -0.3 is 14.2 Å². The molecule has 0 bridgehead atoms. The average molecular weight is 288 g/mol. The molecule has 0 amide bonds. The van der Waals surface area contributed by atoms with E-state index in [2.05, 4.69) is 0 Å². The number of rotatable bonds is 4. The molecule has 0 saturated heterocycles. The monoisotopic (exact) mass is 288 g/mol. The van der Waals surface area contributed by atoms with Crippen LogP contribution in [0.25, 0.3) is 0 Å². The first-order chi connectivity index (χ1) is 8.80. The van der Waals surface area contributed by atoms with Gasteiger partial charge in [0.15, 0.2) is 0 Å². The number of ether oxygens (including phenoxy) is 3. The smallest absolute Gasteiger partial charge is 0.348 e. The zero-order chi connectivity index (χ0) is 16.1. The number of carbonyl (C=O) groups is 3. The Bertz CT molecular complexity index is 372. The van der Waals surface area contributed by atoms with E-state index in [1.807, 2.05) is 0 Å². The van der Waals surface area contributed by atoms with E-state index < -0.39 is 35.2 Å². The van der Waals surface area contributed by atoms with E-state index in [4.69, 9.17) is 14.2 Å². The van der Waals surface area contributed by atoms with Gasteiger partial charge in [-0.25, -0.2) is 4.79 Å². The van der Waals surface area contributed by atoms with Gasteiger partial charge in [-0.15, -0.1) is 0 Å². The first kappa shape index (κ1) is 18.4. The molecule has 0 saturated carbocycles. The predicted octanol–water partition coefficient (Wildman–Crippen LogP) is 1.99. The highest BCUT2D eigenvalue weighted by Crippen LogP contribution is 2.15. The van der Waals surface area contributed by atoms with E-state index in [1.165, 1.54) is 0 Å². The fraction of sp³-hybridized carbons (Fsp3) is 0.786. The zero-order valence-corrected chi connectivity index (χ0v) is 13.2. The van der Waals surface area contributed by atoms with Crippen molar-refractivity contribution in [3.8, 4) is 0 Å². The quantitative estimate of drug-likeness (QED) is 0.581. The van der Waals surface area contributed by atoms with Crippen LogP contribution in [-0.2, 0) is 28.6 Å². The van der Waals surface area contributed by atoms with E-state index in [-0.39, 0.29) is 6.42 Å². The van der Waals surface area contributed by atoms with Crippen LogP contribution in [0.1, 0.15) is 54.9 Å². The lowest BCUT2D eigenvalue weighted by molar-refractivity contribution is -0.180. The van der Waals surface area contributed by atoms with Crippen LogP contribution >= 0.6 is 0 Å². The fourth-order valence-corrected chi connectivity index (χ4v) is 1.28. The lowest BCUT2D eigenvalue weighted by Crippen LogP contribution is -2.37. The Morgan fingerprint density at radius 3 is 1.70 bits per heavy atom. The van der Waals surface area contributed by atoms with Crippen LogP contribution in [0.5, 0.6) is 0 Å². The summed E-state index contributed by atoms with van der Waals surface area (Å²) in [4.78, 5) is 34.6. The molecule has 0 radical (unpaired) electrons. The molecule has 0 rings (SSSR count). The normalized spacial score (nSPS) is 13.3. The lowest BCUT2D eigenvalue weighted by atomic mass is 10.1. The summed E-state index contributed by atoms with van der Waals surface area (Å²) in [5.41, 5.74) is -1.41. The molecular weight excluding hydrogens is 264 g/mol. The Kier molecular flexibility index (Phi) is 6.19. The zero-order valence-electron chi connectivity index (χ0n) is 13.2. The van der Waals surface area contributed by atoms with Gasteiger partial charge in [0.05, 0.1) is 6.42 Å². The van der Waals surface area contributed by atoms with Gasteiger partial charge in [-0.05, 0) is 41.5 Å². The van der Waals surface area contributed by atoms with Gasteiger partial charge in [0.25, 0.3) is 0 Å². The summed E-state index contributed by atoms with van der Waals surface area (Å²) in [6, 6.07) is 0. The first-order valence-electron chi connectivity index (χ1n) is 6.42. The number of carbonyl (C=O) groups excluding carboxylic acids is 3. The third-order valence-electron chi connectivity index (χ3n) is 1.75. The summed E-state index contributed by atoms with van der Waals surface area (Å²) >= 11 is 0. The van der Waals surface area contributed by atoms with Crippen LogP contribution in [0.3, 0.4) is 0 Å². The Hall–Kier alpha value is -1.59. The van der Waals surface area contributed by atoms with Crippen LogP contribution in [0.15, 0.2) is 0 Å². The van der Waals surface area contributed by atoms with Crippen molar-refractivity contribution in [2.45, 2.75) is 72.2 Å². The minimum Gasteiger partial charge on any atom is -0.460 e. The summed E-state index contributed by atoms with van der Waals surface area (Å²) in [5.74, 6) is -2.06. The predicted molar refractivity (Wildman–Crippen MR) is 71.9 cm³/mol. The van der Waals surface area contributed by atoms with Gasteiger partial charge >= 0.3 is 17.9 Å². The molecule has 0 heterocycles. The Labute approximate surface area is 119 Å². The number of hydrogen-bond donors (Lipinski definition) is 0. The van der Waals surface area contributed by atoms with Crippen molar-refractivity contribution in [2.75, 3.05) is 0 Å². The molecule has 0 aliphatic heterocycles. The molecule has 0 N–H and O–H groups in total. The fourth-order valence-electron chi connectivity index (χ4n) is 1.28. The second-order valence-corrected chi connectivity index (χ2v) is 6.42. The summed E-state index contributed by atoms with van der Waals surface area (Å²) in [5, 5.41) is 0. The maximum Gasteiger partial charge on any atom is 0.348 e. The molecule has 20 heavy (non-hydrogen) atoms. The Morgan fingerprint density at radius 1 is 0.900 bits per heavy atom. The van der Waals surface area contributed by atoms with Crippen LogP contribution in [0, 0.1) is 0 Å². The summed E-state index contributed by atoms with van der Waals surface area (Å²) in [6.07, 6.45) is -1.66. The second-order valence-electron chi connectivity index (χ2n) is 6.42. The molecule has 0 aliphatic rings. The molecule has 6 nitrogen and oxygen atoms in total. The molecule has 0 aliphatic carbocycles. The second kappa shape index (κ2) is 6.72. The molecule has 116 valence electrons. The third-order valence-corrected chi connectivity index (χ3v) is 1.75. The van der Waals surface area contributed by atoms with E-state index in [9.17, 15) is 14.4 Å². The van der Waals surface area contributed by atoms with Gasteiger partial charge in [-0.3, -0.25) is 9.59 Å². The molecular formula is C14H24O6. The van der Waals surface area contributed by atoms with Crippen molar-refractivity contribution < 1.29 is 28.6 Å². The lowest BCUT2D eigenvalue weighted by Gasteiger charge is -2.24. The van der Waals surface area contributed by atoms with E-state index in [1.54, 1.807) is 41.5 Å². The van der Waals surface area contributed by atoms with Gasteiger partial charge in [-0.2, -0.15) is 0 Å². The topological polar surface area (TPSA) is 78.9 Å². The molecule has 0 aromatic heterocycles. The largest absolute Gasteiger partial charge is 0.460 e. The van der Waals surface area contributed by atoms with E-state index >= 15 is 0 Å². The molecule has 0 fully saturated rings. The minimum atomic E-state index is -1.29. The molecule has 0 aromatic carbocycles. The van der Waals surface area contributed by atoms with Gasteiger partial charge in [-0.1, -0.05) is 0 Å². The molecule has 0 aromatic rings. The highest BCUT2D eigenvalue weighted by atomic mass is 16.6. The standard InChI is InChI=1S/C14H24O6/c1-9(15)18-10(12(17)20-14(5,6)7)8-11(16)19-13(2,3)4/h10H,8H2,1-7H3/t10-/m0/s1. The maximum atomic E-state index is 11.9. The third kappa shape index (κ3) is 9.35. The average Bonchev–Trinajstić information content (AvgIpc) is 2.09. The minimum absolute atomic E-state index is 0.369. The summed E-state index contributed by atoms with van der Waals surface area (Å²) in [6.45, 7) is 11.3. The molecule has 0 spiro atoms. The van der Waals surface area contributed by atoms with Crippen molar-refractivity contribution >= 4 is 17.9 Å². The summed E-state index contributed by atoms with van der Waals surface area (Å²) in [7, 11) is 0. The van der Waals surface area contributed by atoms with Crippen LogP contribution in [-0.4, -0.2) is 35.2 Å². The first-order valence-corrected chi connectivity index (χ1v) is 6.42. The maximum absolute atomic E-state index is 11.9. The van der Waals surface area contributed by atoms with Crippen molar-refractivity contribution in [2.24, 2.45) is 0 Å². The van der Waals surface area contributed by atoms with Crippen molar-refractivity contribution in [3.63, 3.8) is 0 Å². The van der Waals surface area contributed by atoms with Crippen molar-refractivity contribution in [3.05, 3.63) is 0 Å². The molecule has 0 unspecified atom stereocenters. The van der Waals surface area contributed by atoms with Crippen molar-refractivity contribution in [1.82, 2.24) is 0 Å². The van der Waals surface area contributed by atoms with Gasteiger partial charge in [0, 0.05) is 6.92 Å². The summed E-state index contributed by atoms with van der Waals surface area (Å²) < 4.78 is 15.0. The highest BCUT2D eigenvalue weighted by molar-refractivity contribution is 5.84. The van der Waals surface area contributed by atoms with E-state index in [0.717, 1.165) is 6.92 Å². The highest BCUT2D eigenvalue weighted by Gasteiger charge is 2.31. The molecule has 6 heteroatoms. The molecule has 1 atom stereocenters. The Morgan fingerprint density at radius 2 is 1.35 bits per heavy atom. The van der Waals surface area contributed by atoms with Crippen molar-refractivity contribution in [1.29, 1.82) is 0 Å².